The third-order valence-corrected chi connectivity index (χ3v) is 3.55. The molecular weight excluding hydrogens is 262 g/mol. The van der Waals surface area contributed by atoms with Crippen LogP contribution in [0.4, 0.5) is 5.69 Å². The summed E-state index contributed by atoms with van der Waals surface area (Å²) >= 11 is 0. The Morgan fingerprint density at radius 3 is 2.76 bits per heavy atom. The van der Waals surface area contributed by atoms with Gasteiger partial charge in [0.25, 0.3) is 0 Å². The molecule has 0 bridgehead atoms. The van der Waals surface area contributed by atoms with Crippen LogP contribution in [0, 0.1) is 6.92 Å². The smallest absolute Gasteiger partial charge is 0.118 e. The van der Waals surface area contributed by atoms with Crippen LogP contribution in [0.2, 0.25) is 0 Å². The van der Waals surface area contributed by atoms with Crippen LogP contribution in [0.25, 0.3) is 10.9 Å². The van der Waals surface area contributed by atoms with Crippen molar-refractivity contribution in [2.24, 2.45) is 0 Å². The fraction of sp³-hybridized carbons (Fsp3) is 0.235. The van der Waals surface area contributed by atoms with Crippen molar-refractivity contribution in [2.45, 2.75) is 20.0 Å². The van der Waals surface area contributed by atoms with E-state index in [-0.39, 0.29) is 0 Å². The van der Waals surface area contributed by atoms with E-state index in [0.717, 1.165) is 41.2 Å². The third-order valence-electron chi connectivity index (χ3n) is 3.55. The number of hydrogen-bond donors (Lipinski definition) is 1. The normalized spacial score (nSPS) is 11.4. The van der Waals surface area contributed by atoms with Crippen LogP contribution in [0.1, 0.15) is 17.1 Å². The molecule has 21 heavy (non-hydrogen) atoms. The average molecular weight is 281 g/mol. The number of pyridine rings is 1. The second-order valence-corrected chi connectivity index (χ2v) is 5.40. The summed E-state index contributed by atoms with van der Waals surface area (Å²) in [5.74, 6) is 1.92. The summed E-state index contributed by atoms with van der Waals surface area (Å²) < 4.78 is 5.62. The van der Waals surface area contributed by atoms with E-state index in [4.69, 9.17) is 10.2 Å². The minimum absolute atomic E-state index is 0.770. The van der Waals surface area contributed by atoms with E-state index in [1.165, 1.54) is 5.56 Å². The summed E-state index contributed by atoms with van der Waals surface area (Å²) in [6.45, 7) is 3.53. The van der Waals surface area contributed by atoms with E-state index < -0.39 is 0 Å². The summed E-state index contributed by atoms with van der Waals surface area (Å²) in [7, 11) is 2.07. The Kier molecular flexibility index (Phi) is 3.62. The summed E-state index contributed by atoms with van der Waals surface area (Å²) in [5, 5.41) is 1.01. The van der Waals surface area contributed by atoms with Crippen molar-refractivity contribution in [3.05, 3.63) is 59.7 Å². The van der Waals surface area contributed by atoms with Crippen molar-refractivity contribution < 1.29 is 4.42 Å². The molecule has 1 aromatic carbocycles. The minimum Gasteiger partial charge on any atom is -0.465 e. The zero-order valence-electron chi connectivity index (χ0n) is 12.3. The van der Waals surface area contributed by atoms with Gasteiger partial charge in [0.1, 0.15) is 11.5 Å². The van der Waals surface area contributed by atoms with Crippen LogP contribution in [0.3, 0.4) is 0 Å². The van der Waals surface area contributed by atoms with Crippen LogP contribution in [-0.4, -0.2) is 16.9 Å². The van der Waals surface area contributed by atoms with Crippen molar-refractivity contribution >= 4 is 16.6 Å². The molecule has 0 fully saturated rings. The lowest BCUT2D eigenvalue weighted by Crippen LogP contribution is -2.17. The molecule has 2 N–H and O–H groups in total. The maximum absolute atomic E-state index is 6.01. The molecule has 2 heterocycles. The number of furan rings is 1. The van der Waals surface area contributed by atoms with Crippen LogP contribution < -0.4 is 5.73 Å². The Bertz CT molecular complexity index is 764. The molecule has 4 nitrogen and oxygen atoms in total. The highest BCUT2D eigenvalue weighted by Gasteiger charge is 2.09. The molecule has 0 radical (unpaired) electrons. The predicted octanol–water partition coefficient (Wildman–Crippen LogP) is 3.35. The van der Waals surface area contributed by atoms with Crippen LogP contribution in [0.5, 0.6) is 0 Å². The molecule has 4 heteroatoms. The van der Waals surface area contributed by atoms with E-state index in [2.05, 4.69) is 23.0 Å². The lowest BCUT2D eigenvalue weighted by molar-refractivity contribution is 0.286. The average Bonchev–Trinajstić information content (AvgIpc) is 2.87. The molecule has 0 aliphatic carbocycles. The molecule has 3 rings (SSSR count). The fourth-order valence-corrected chi connectivity index (χ4v) is 2.56. The van der Waals surface area contributed by atoms with E-state index in [0.29, 0.717) is 0 Å². The highest BCUT2D eigenvalue weighted by Crippen LogP contribution is 2.23. The second-order valence-electron chi connectivity index (χ2n) is 5.40. The number of nitrogen functional groups attached to an aromatic ring is 1. The number of benzene rings is 1. The standard InChI is InChI=1S/C17H19N3O/c1-12-5-7-14(21-12)11-20(2)10-13-6-8-16(18)15-4-3-9-19-17(13)15/h3-9H,10-11,18H2,1-2H3. The zero-order chi connectivity index (χ0) is 14.8. The lowest BCUT2D eigenvalue weighted by Gasteiger charge is -2.16. The predicted molar refractivity (Wildman–Crippen MR) is 84.8 cm³/mol. The Morgan fingerprint density at radius 2 is 2.00 bits per heavy atom. The summed E-state index contributed by atoms with van der Waals surface area (Å²) in [6.07, 6.45) is 1.81. The Labute approximate surface area is 124 Å². The molecular formula is C17H19N3O. The van der Waals surface area contributed by atoms with Gasteiger partial charge in [-0.3, -0.25) is 9.88 Å². The topological polar surface area (TPSA) is 55.3 Å². The van der Waals surface area contributed by atoms with Crippen LogP contribution in [-0.2, 0) is 13.1 Å². The fourth-order valence-electron chi connectivity index (χ4n) is 2.56. The molecule has 0 amide bonds. The Balaban J connectivity index is 1.83. The van der Waals surface area contributed by atoms with E-state index in [1.54, 1.807) is 6.20 Å². The maximum Gasteiger partial charge on any atom is 0.118 e. The van der Waals surface area contributed by atoms with Crippen molar-refractivity contribution in [1.82, 2.24) is 9.88 Å². The van der Waals surface area contributed by atoms with E-state index >= 15 is 0 Å². The van der Waals surface area contributed by atoms with Gasteiger partial charge in [0.05, 0.1) is 12.1 Å². The lowest BCUT2D eigenvalue weighted by atomic mass is 10.1. The van der Waals surface area contributed by atoms with E-state index in [1.807, 2.05) is 37.3 Å². The molecule has 0 unspecified atom stereocenters. The Morgan fingerprint density at radius 1 is 1.14 bits per heavy atom. The number of hydrogen-bond acceptors (Lipinski definition) is 4. The van der Waals surface area contributed by atoms with Gasteiger partial charge in [-0.25, -0.2) is 0 Å². The number of aromatic nitrogens is 1. The van der Waals surface area contributed by atoms with Gasteiger partial charge in [-0.05, 0) is 49.9 Å². The quantitative estimate of drug-likeness (QED) is 0.745. The summed E-state index contributed by atoms with van der Waals surface area (Å²) in [6, 6.07) is 11.9. The third kappa shape index (κ3) is 2.90. The number of nitrogens with zero attached hydrogens (tertiary/aromatic N) is 2. The number of aryl methyl sites for hydroxylation is 1. The number of fused-ring (bicyclic) bond motifs is 1. The molecule has 0 aliphatic heterocycles. The van der Waals surface area contributed by atoms with Gasteiger partial charge in [0.15, 0.2) is 0 Å². The Hall–Kier alpha value is -2.33. The number of nitrogens with two attached hydrogens (primary N) is 1. The summed E-state index contributed by atoms with van der Waals surface area (Å²) in [4.78, 5) is 6.68. The first-order valence-corrected chi connectivity index (χ1v) is 6.99. The van der Waals surface area contributed by atoms with Crippen LogP contribution >= 0.6 is 0 Å². The van der Waals surface area contributed by atoms with Gasteiger partial charge in [-0.2, -0.15) is 0 Å². The van der Waals surface area contributed by atoms with Gasteiger partial charge in [0, 0.05) is 23.8 Å². The molecule has 0 aliphatic rings. The highest BCUT2D eigenvalue weighted by atomic mass is 16.3. The second kappa shape index (κ2) is 5.58. The van der Waals surface area contributed by atoms with Gasteiger partial charge in [0.2, 0.25) is 0 Å². The highest BCUT2D eigenvalue weighted by molar-refractivity contribution is 5.92. The van der Waals surface area contributed by atoms with Crippen molar-refractivity contribution in [2.75, 3.05) is 12.8 Å². The summed E-state index contributed by atoms with van der Waals surface area (Å²) in [5.41, 5.74) is 8.93. The van der Waals surface area contributed by atoms with Gasteiger partial charge in [-0.15, -0.1) is 0 Å². The first-order valence-electron chi connectivity index (χ1n) is 6.99. The van der Waals surface area contributed by atoms with Crippen molar-refractivity contribution in [1.29, 1.82) is 0 Å². The SMILES string of the molecule is Cc1ccc(CN(C)Cc2ccc(N)c3cccnc23)o1. The molecule has 2 aromatic heterocycles. The molecule has 0 saturated heterocycles. The van der Waals surface area contributed by atoms with Gasteiger partial charge >= 0.3 is 0 Å². The maximum atomic E-state index is 6.01. The minimum atomic E-state index is 0.770. The monoisotopic (exact) mass is 281 g/mol. The van der Waals surface area contributed by atoms with Crippen molar-refractivity contribution in [3.8, 4) is 0 Å². The molecule has 3 aromatic rings. The number of anilines is 1. The molecule has 0 atom stereocenters. The van der Waals surface area contributed by atoms with Gasteiger partial charge < -0.3 is 10.2 Å². The number of rotatable bonds is 4. The first-order chi connectivity index (χ1) is 10.1. The molecule has 0 saturated carbocycles. The van der Waals surface area contributed by atoms with Crippen LogP contribution in [0.15, 0.2) is 47.0 Å². The first kappa shape index (κ1) is 13.6. The van der Waals surface area contributed by atoms with Gasteiger partial charge in [-0.1, -0.05) is 6.07 Å². The largest absolute Gasteiger partial charge is 0.465 e. The zero-order valence-corrected chi connectivity index (χ0v) is 12.3. The van der Waals surface area contributed by atoms with Crippen molar-refractivity contribution in [3.63, 3.8) is 0 Å². The van der Waals surface area contributed by atoms with E-state index in [9.17, 15) is 0 Å². The molecule has 0 spiro atoms. The molecule has 108 valence electrons.